The zero-order valence-corrected chi connectivity index (χ0v) is 14.9. The Balaban J connectivity index is 2.20. The van der Waals surface area contributed by atoms with Gasteiger partial charge in [0.1, 0.15) is 17.1 Å². The lowest BCUT2D eigenvalue weighted by Gasteiger charge is -2.16. The number of amides is 1. The first-order chi connectivity index (χ1) is 11.5. The number of ether oxygens (including phenoxy) is 2. The predicted octanol–water partition coefficient (Wildman–Crippen LogP) is 3.45. The maximum atomic E-state index is 12.6. The molecule has 0 aromatic heterocycles. The van der Waals surface area contributed by atoms with Crippen LogP contribution < -0.4 is 20.1 Å². The third-order valence-electron chi connectivity index (χ3n) is 3.60. The van der Waals surface area contributed by atoms with Gasteiger partial charge in [-0.2, -0.15) is 0 Å². The minimum absolute atomic E-state index is 0.213. The Morgan fingerprint density at radius 1 is 0.958 bits per heavy atom. The van der Waals surface area contributed by atoms with Crippen molar-refractivity contribution < 1.29 is 14.3 Å². The van der Waals surface area contributed by atoms with E-state index >= 15 is 0 Å². The number of para-hydroxylation sites is 1. The SMILES string of the molecule is COc1cccc(OC)c1C(=O)NC(=S)Nc1c(C)cccc1C. The van der Waals surface area contributed by atoms with Gasteiger partial charge in [0.15, 0.2) is 5.11 Å². The molecule has 0 aliphatic carbocycles. The van der Waals surface area contributed by atoms with Gasteiger partial charge in [0.2, 0.25) is 0 Å². The minimum Gasteiger partial charge on any atom is -0.496 e. The van der Waals surface area contributed by atoms with Crippen LogP contribution in [0.25, 0.3) is 0 Å². The average molecular weight is 344 g/mol. The van der Waals surface area contributed by atoms with Crippen molar-refractivity contribution in [2.75, 3.05) is 19.5 Å². The Labute approximate surface area is 147 Å². The number of hydrogen-bond acceptors (Lipinski definition) is 4. The molecule has 0 aliphatic heterocycles. The van der Waals surface area contributed by atoms with E-state index in [1.54, 1.807) is 18.2 Å². The van der Waals surface area contributed by atoms with Gasteiger partial charge in [0.25, 0.3) is 5.91 Å². The van der Waals surface area contributed by atoms with E-state index in [2.05, 4.69) is 10.6 Å². The molecule has 5 nitrogen and oxygen atoms in total. The minimum atomic E-state index is -0.395. The lowest BCUT2D eigenvalue weighted by atomic mass is 10.1. The molecular weight excluding hydrogens is 324 g/mol. The summed E-state index contributed by atoms with van der Waals surface area (Å²) in [5.74, 6) is 0.441. The van der Waals surface area contributed by atoms with Gasteiger partial charge in [-0.25, -0.2) is 0 Å². The van der Waals surface area contributed by atoms with Crippen LogP contribution in [0.2, 0.25) is 0 Å². The van der Waals surface area contributed by atoms with Gasteiger partial charge in [-0.05, 0) is 49.3 Å². The monoisotopic (exact) mass is 344 g/mol. The molecule has 0 spiro atoms. The summed E-state index contributed by atoms with van der Waals surface area (Å²) in [4.78, 5) is 12.6. The average Bonchev–Trinajstić information content (AvgIpc) is 2.57. The summed E-state index contributed by atoms with van der Waals surface area (Å²) < 4.78 is 10.5. The molecule has 0 saturated carbocycles. The maximum absolute atomic E-state index is 12.6. The van der Waals surface area contributed by atoms with Crippen molar-refractivity contribution in [1.82, 2.24) is 5.32 Å². The molecule has 0 aliphatic rings. The molecule has 2 aromatic carbocycles. The van der Waals surface area contributed by atoms with Crippen LogP contribution in [-0.2, 0) is 0 Å². The molecule has 0 saturated heterocycles. The number of rotatable bonds is 4. The summed E-state index contributed by atoms with van der Waals surface area (Å²) in [5, 5.41) is 5.96. The lowest BCUT2D eigenvalue weighted by Crippen LogP contribution is -2.35. The van der Waals surface area contributed by atoms with Crippen LogP contribution in [0.4, 0.5) is 5.69 Å². The predicted molar refractivity (Wildman–Crippen MR) is 99.1 cm³/mol. The number of aryl methyl sites for hydroxylation is 2. The fourth-order valence-corrected chi connectivity index (χ4v) is 2.59. The molecular formula is C18H20N2O3S. The molecule has 0 fully saturated rings. The number of benzene rings is 2. The molecule has 0 heterocycles. The largest absolute Gasteiger partial charge is 0.496 e. The van der Waals surface area contributed by atoms with E-state index in [9.17, 15) is 4.79 Å². The molecule has 6 heteroatoms. The molecule has 126 valence electrons. The summed E-state index contributed by atoms with van der Waals surface area (Å²) >= 11 is 5.27. The highest BCUT2D eigenvalue weighted by atomic mass is 32.1. The van der Waals surface area contributed by atoms with Gasteiger partial charge in [-0.1, -0.05) is 24.3 Å². The summed E-state index contributed by atoms with van der Waals surface area (Å²) in [5.41, 5.74) is 3.27. The molecule has 0 bridgehead atoms. The van der Waals surface area contributed by atoms with Crippen molar-refractivity contribution in [1.29, 1.82) is 0 Å². The second-order valence-corrected chi connectivity index (χ2v) is 5.62. The highest BCUT2D eigenvalue weighted by Crippen LogP contribution is 2.28. The highest BCUT2D eigenvalue weighted by Gasteiger charge is 2.19. The van der Waals surface area contributed by atoms with Gasteiger partial charge in [-0.15, -0.1) is 0 Å². The number of nitrogens with one attached hydrogen (secondary N) is 2. The van der Waals surface area contributed by atoms with Gasteiger partial charge >= 0.3 is 0 Å². The lowest BCUT2D eigenvalue weighted by molar-refractivity contribution is 0.0971. The van der Waals surface area contributed by atoms with Gasteiger partial charge in [0, 0.05) is 5.69 Å². The van der Waals surface area contributed by atoms with Gasteiger partial charge in [-0.3, -0.25) is 10.1 Å². The van der Waals surface area contributed by atoms with Crippen molar-refractivity contribution in [3.05, 3.63) is 53.1 Å². The Kier molecular flexibility index (Phi) is 5.76. The van der Waals surface area contributed by atoms with Crippen LogP contribution >= 0.6 is 12.2 Å². The fraction of sp³-hybridized carbons (Fsp3) is 0.222. The molecule has 2 aromatic rings. The molecule has 0 unspecified atom stereocenters. The second-order valence-electron chi connectivity index (χ2n) is 5.21. The first kappa shape index (κ1) is 17.7. The quantitative estimate of drug-likeness (QED) is 0.832. The summed E-state index contributed by atoms with van der Waals surface area (Å²) in [7, 11) is 3.00. The van der Waals surface area contributed by atoms with Crippen molar-refractivity contribution in [3.63, 3.8) is 0 Å². The third kappa shape index (κ3) is 3.83. The first-order valence-corrected chi connectivity index (χ1v) is 7.78. The molecule has 24 heavy (non-hydrogen) atoms. The van der Waals surface area contributed by atoms with Crippen molar-refractivity contribution >= 4 is 28.9 Å². The van der Waals surface area contributed by atoms with Crippen molar-refractivity contribution in [2.24, 2.45) is 0 Å². The molecule has 0 atom stereocenters. The van der Waals surface area contributed by atoms with Gasteiger partial charge < -0.3 is 14.8 Å². The summed E-state index contributed by atoms with van der Waals surface area (Å²) in [6, 6.07) is 11.1. The number of thiocarbonyl (C=S) groups is 1. The van der Waals surface area contributed by atoms with E-state index in [-0.39, 0.29) is 5.11 Å². The number of hydrogen-bond donors (Lipinski definition) is 2. The van der Waals surface area contributed by atoms with E-state index in [4.69, 9.17) is 21.7 Å². The van der Waals surface area contributed by atoms with Crippen LogP contribution in [-0.4, -0.2) is 25.2 Å². The Morgan fingerprint density at radius 3 is 1.96 bits per heavy atom. The van der Waals surface area contributed by atoms with Crippen molar-refractivity contribution in [3.8, 4) is 11.5 Å². The third-order valence-corrected chi connectivity index (χ3v) is 3.81. The smallest absolute Gasteiger partial charge is 0.264 e. The summed E-state index contributed by atoms with van der Waals surface area (Å²) in [6.45, 7) is 3.95. The standard InChI is InChI=1S/C18H20N2O3S/c1-11-7-5-8-12(2)16(11)19-18(24)20-17(21)15-13(22-3)9-6-10-14(15)23-4/h5-10H,1-4H3,(H2,19,20,21,24). The van der Waals surface area contributed by atoms with Crippen molar-refractivity contribution in [2.45, 2.75) is 13.8 Å². The Morgan fingerprint density at radius 2 is 1.46 bits per heavy atom. The molecule has 0 radical (unpaired) electrons. The summed E-state index contributed by atoms with van der Waals surface area (Å²) in [6.07, 6.45) is 0. The Bertz CT molecular complexity index is 732. The van der Waals surface area contributed by atoms with E-state index < -0.39 is 5.91 Å². The van der Waals surface area contributed by atoms with E-state index in [1.165, 1.54) is 14.2 Å². The van der Waals surface area contributed by atoms with E-state index in [0.717, 1.165) is 16.8 Å². The van der Waals surface area contributed by atoms with Crippen LogP contribution in [0.3, 0.4) is 0 Å². The topological polar surface area (TPSA) is 59.6 Å². The fourth-order valence-electron chi connectivity index (χ4n) is 2.40. The van der Waals surface area contributed by atoms with E-state index in [1.807, 2.05) is 32.0 Å². The number of anilines is 1. The number of carbonyl (C=O) groups is 1. The second kappa shape index (κ2) is 7.79. The molecule has 2 N–H and O–H groups in total. The normalized spacial score (nSPS) is 10.0. The van der Waals surface area contributed by atoms with Crippen LogP contribution in [0.5, 0.6) is 11.5 Å². The van der Waals surface area contributed by atoms with Crippen LogP contribution in [0, 0.1) is 13.8 Å². The highest BCUT2D eigenvalue weighted by molar-refractivity contribution is 7.80. The molecule has 1 amide bonds. The maximum Gasteiger partial charge on any atom is 0.264 e. The van der Waals surface area contributed by atoms with Crippen LogP contribution in [0.1, 0.15) is 21.5 Å². The van der Waals surface area contributed by atoms with Crippen LogP contribution in [0.15, 0.2) is 36.4 Å². The number of carbonyl (C=O) groups excluding carboxylic acids is 1. The number of methoxy groups -OCH3 is 2. The molecule has 2 rings (SSSR count). The first-order valence-electron chi connectivity index (χ1n) is 7.37. The Hall–Kier alpha value is -2.60. The zero-order chi connectivity index (χ0) is 17.7. The van der Waals surface area contributed by atoms with Gasteiger partial charge in [0.05, 0.1) is 14.2 Å². The zero-order valence-electron chi connectivity index (χ0n) is 14.1. The van der Waals surface area contributed by atoms with E-state index in [0.29, 0.717) is 17.1 Å².